The van der Waals surface area contributed by atoms with Gasteiger partial charge in [-0.25, -0.2) is 23.1 Å². The van der Waals surface area contributed by atoms with Crippen LogP contribution in [0.15, 0.2) is 30.6 Å². The van der Waals surface area contributed by atoms with Crippen LogP contribution < -0.4 is 10.2 Å². The molecular formula is C13H11F3N4O. The fourth-order valence-electron chi connectivity index (χ4n) is 1.59. The molecular weight excluding hydrogens is 285 g/mol. The smallest absolute Gasteiger partial charge is 0.244 e. The molecule has 1 aromatic carbocycles. The highest BCUT2D eigenvalue weighted by Crippen LogP contribution is 2.19. The molecule has 1 heterocycles. The van der Waals surface area contributed by atoms with Gasteiger partial charge in [-0.2, -0.15) is 0 Å². The number of hydrogen-bond acceptors (Lipinski definition) is 4. The Morgan fingerprint density at radius 1 is 1.19 bits per heavy atom. The maximum absolute atomic E-state index is 13.4. The van der Waals surface area contributed by atoms with E-state index in [1.165, 1.54) is 17.3 Å². The Labute approximate surface area is 118 Å². The lowest BCUT2D eigenvalue weighted by atomic mass is 10.2. The Hall–Kier alpha value is -2.64. The molecule has 0 saturated carbocycles. The minimum atomic E-state index is -1.63. The standard InChI is InChI=1S/C13H11F3N4O/c1-20(13-17-5-2-6-18-13)7-10(21)19-9-4-3-8(14)11(15)12(9)16/h2-6H,7H2,1H3,(H,19,21). The Balaban J connectivity index is 2.04. The Morgan fingerprint density at radius 2 is 1.86 bits per heavy atom. The fourth-order valence-corrected chi connectivity index (χ4v) is 1.59. The number of nitrogens with one attached hydrogen (secondary N) is 1. The van der Waals surface area contributed by atoms with Gasteiger partial charge in [-0.3, -0.25) is 4.79 Å². The first-order valence-electron chi connectivity index (χ1n) is 5.90. The minimum absolute atomic E-state index is 0.178. The summed E-state index contributed by atoms with van der Waals surface area (Å²) in [7, 11) is 1.57. The molecule has 0 radical (unpaired) electrons. The number of hydrogen-bond donors (Lipinski definition) is 1. The lowest BCUT2D eigenvalue weighted by Crippen LogP contribution is -2.31. The molecule has 21 heavy (non-hydrogen) atoms. The molecule has 110 valence electrons. The first kappa shape index (κ1) is 14.8. The van der Waals surface area contributed by atoms with Gasteiger partial charge in [0.05, 0.1) is 12.2 Å². The molecule has 0 aliphatic carbocycles. The summed E-state index contributed by atoms with van der Waals surface area (Å²) in [6, 6.07) is 3.30. The van der Waals surface area contributed by atoms with Gasteiger partial charge < -0.3 is 10.2 Å². The van der Waals surface area contributed by atoms with Crippen LogP contribution in [0.2, 0.25) is 0 Å². The quantitative estimate of drug-likeness (QED) is 0.876. The molecule has 1 aromatic heterocycles. The Kier molecular flexibility index (Phi) is 4.36. The van der Waals surface area contributed by atoms with Crippen molar-refractivity contribution in [3.63, 3.8) is 0 Å². The number of carbonyl (C=O) groups is 1. The van der Waals surface area contributed by atoms with Crippen LogP contribution in [0.25, 0.3) is 0 Å². The summed E-state index contributed by atoms with van der Waals surface area (Å²) in [5.74, 6) is -4.71. The number of rotatable bonds is 4. The molecule has 2 rings (SSSR count). The van der Waals surface area contributed by atoms with E-state index in [1.54, 1.807) is 13.1 Å². The SMILES string of the molecule is CN(CC(=O)Nc1ccc(F)c(F)c1F)c1ncccn1. The largest absolute Gasteiger partial charge is 0.335 e. The van der Waals surface area contributed by atoms with E-state index in [4.69, 9.17) is 0 Å². The number of anilines is 2. The van der Waals surface area contributed by atoms with Crippen LogP contribution in [0.1, 0.15) is 0 Å². The second-order valence-corrected chi connectivity index (χ2v) is 4.18. The van der Waals surface area contributed by atoms with Crippen LogP contribution in [-0.2, 0) is 4.79 Å². The van der Waals surface area contributed by atoms with Gasteiger partial charge in [0, 0.05) is 19.4 Å². The van der Waals surface area contributed by atoms with Crippen molar-refractivity contribution < 1.29 is 18.0 Å². The molecule has 0 aliphatic rings. The van der Waals surface area contributed by atoms with Crippen molar-refractivity contribution in [2.75, 3.05) is 23.8 Å². The summed E-state index contributed by atoms with van der Waals surface area (Å²) >= 11 is 0. The van der Waals surface area contributed by atoms with Crippen molar-refractivity contribution in [3.8, 4) is 0 Å². The predicted molar refractivity (Wildman–Crippen MR) is 70.2 cm³/mol. The first-order chi connectivity index (χ1) is 9.99. The van der Waals surface area contributed by atoms with Crippen LogP contribution in [0.4, 0.5) is 24.8 Å². The van der Waals surface area contributed by atoms with Gasteiger partial charge >= 0.3 is 0 Å². The van der Waals surface area contributed by atoms with E-state index in [0.717, 1.165) is 12.1 Å². The van der Waals surface area contributed by atoms with Crippen LogP contribution in [-0.4, -0.2) is 29.5 Å². The van der Waals surface area contributed by atoms with Gasteiger partial charge in [0.25, 0.3) is 0 Å². The molecule has 1 amide bonds. The van der Waals surface area contributed by atoms with E-state index in [1.807, 2.05) is 0 Å². The second-order valence-electron chi connectivity index (χ2n) is 4.18. The normalized spacial score (nSPS) is 10.3. The van der Waals surface area contributed by atoms with Crippen LogP contribution >= 0.6 is 0 Å². The number of likely N-dealkylation sites (N-methyl/N-ethyl adjacent to an activating group) is 1. The topological polar surface area (TPSA) is 58.1 Å². The average molecular weight is 296 g/mol. The molecule has 1 N–H and O–H groups in total. The molecule has 0 saturated heterocycles. The Bertz CT molecular complexity index is 651. The molecule has 0 spiro atoms. The lowest BCUT2D eigenvalue weighted by Gasteiger charge is -2.16. The summed E-state index contributed by atoms with van der Waals surface area (Å²) in [5.41, 5.74) is -0.429. The van der Waals surface area contributed by atoms with E-state index < -0.39 is 29.0 Å². The van der Waals surface area contributed by atoms with E-state index in [-0.39, 0.29) is 6.54 Å². The van der Waals surface area contributed by atoms with Crippen molar-refractivity contribution in [1.29, 1.82) is 0 Å². The molecule has 2 aromatic rings. The molecule has 0 bridgehead atoms. The molecule has 0 aliphatic heterocycles. The van der Waals surface area contributed by atoms with Crippen molar-refractivity contribution in [2.45, 2.75) is 0 Å². The summed E-state index contributed by atoms with van der Waals surface area (Å²) in [6.07, 6.45) is 3.01. The zero-order valence-electron chi connectivity index (χ0n) is 11.0. The molecule has 0 atom stereocenters. The third-order valence-corrected chi connectivity index (χ3v) is 2.58. The summed E-state index contributed by atoms with van der Waals surface area (Å²) in [5, 5.41) is 2.16. The fraction of sp³-hybridized carbons (Fsp3) is 0.154. The third kappa shape index (κ3) is 3.47. The Morgan fingerprint density at radius 3 is 2.52 bits per heavy atom. The molecule has 8 heteroatoms. The zero-order valence-corrected chi connectivity index (χ0v) is 11.0. The van der Waals surface area contributed by atoms with Crippen LogP contribution in [0.3, 0.4) is 0 Å². The van der Waals surface area contributed by atoms with Gasteiger partial charge in [0.15, 0.2) is 17.5 Å². The highest BCUT2D eigenvalue weighted by molar-refractivity contribution is 5.93. The molecule has 0 unspecified atom stereocenters. The monoisotopic (exact) mass is 296 g/mol. The van der Waals surface area contributed by atoms with E-state index in [9.17, 15) is 18.0 Å². The minimum Gasteiger partial charge on any atom is -0.335 e. The summed E-state index contributed by atoms with van der Waals surface area (Å²) in [4.78, 5) is 21.0. The molecule has 5 nitrogen and oxygen atoms in total. The van der Waals surface area contributed by atoms with Gasteiger partial charge in [-0.1, -0.05) is 0 Å². The van der Waals surface area contributed by atoms with Gasteiger partial charge in [-0.15, -0.1) is 0 Å². The highest BCUT2D eigenvalue weighted by atomic mass is 19.2. The van der Waals surface area contributed by atoms with Crippen molar-refractivity contribution in [1.82, 2.24) is 9.97 Å². The van der Waals surface area contributed by atoms with Crippen molar-refractivity contribution >= 4 is 17.5 Å². The van der Waals surface area contributed by atoms with E-state index in [2.05, 4.69) is 15.3 Å². The number of benzene rings is 1. The lowest BCUT2D eigenvalue weighted by molar-refractivity contribution is -0.115. The predicted octanol–water partition coefficient (Wildman–Crippen LogP) is 1.97. The van der Waals surface area contributed by atoms with Gasteiger partial charge in [-0.05, 0) is 18.2 Å². The van der Waals surface area contributed by atoms with Crippen molar-refractivity contribution in [3.05, 3.63) is 48.0 Å². The van der Waals surface area contributed by atoms with Crippen LogP contribution in [0, 0.1) is 17.5 Å². The van der Waals surface area contributed by atoms with E-state index >= 15 is 0 Å². The number of amides is 1. The number of nitrogens with zero attached hydrogens (tertiary/aromatic N) is 3. The number of halogens is 3. The van der Waals surface area contributed by atoms with Crippen LogP contribution in [0.5, 0.6) is 0 Å². The summed E-state index contributed by atoms with van der Waals surface area (Å²) in [6.45, 7) is -0.178. The van der Waals surface area contributed by atoms with Gasteiger partial charge in [0.1, 0.15) is 0 Å². The molecule has 0 fully saturated rings. The highest BCUT2D eigenvalue weighted by Gasteiger charge is 2.16. The zero-order chi connectivity index (χ0) is 15.4. The third-order valence-electron chi connectivity index (χ3n) is 2.58. The first-order valence-corrected chi connectivity index (χ1v) is 5.90. The number of carbonyl (C=O) groups excluding carboxylic acids is 1. The number of aromatic nitrogens is 2. The maximum Gasteiger partial charge on any atom is 0.244 e. The van der Waals surface area contributed by atoms with Crippen molar-refractivity contribution in [2.24, 2.45) is 0 Å². The van der Waals surface area contributed by atoms with Gasteiger partial charge in [0.2, 0.25) is 11.9 Å². The maximum atomic E-state index is 13.4. The average Bonchev–Trinajstić information content (AvgIpc) is 2.49. The second kappa shape index (κ2) is 6.21. The summed E-state index contributed by atoms with van der Waals surface area (Å²) < 4.78 is 39.2. The van der Waals surface area contributed by atoms with E-state index in [0.29, 0.717) is 5.95 Å².